The molecule has 1 aliphatic heterocycles. The molecular formula is C15H13NO4. The van der Waals surface area contributed by atoms with E-state index < -0.39 is 23.2 Å². The van der Waals surface area contributed by atoms with Gasteiger partial charge in [-0.25, -0.2) is 4.79 Å². The summed E-state index contributed by atoms with van der Waals surface area (Å²) in [6.07, 6.45) is 1.05. The Kier molecular flexibility index (Phi) is 2.54. The first-order valence-corrected chi connectivity index (χ1v) is 6.29. The number of benzene rings is 1. The molecule has 2 aliphatic rings. The first kappa shape index (κ1) is 12.6. The fourth-order valence-corrected chi connectivity index (χ4v) is 2.64. The molecule has 0 aromatic heterocycles. The summed E-state index contributed by atoms with van der Waals surface area (Å²) in [6, 6.07) is 6.39. The number of amides is 2. The van der Waals surface area contributed by atoms with Gasteiger partial charge in [0, 0.05) is 0 Å². The van der Waals surface area contributed by atoms with Crippen LogP contribution in [0.15, 0.2) is 36.4 Å². The smallest absolute Gasteiger partial charge is 0.329 e. The van der Waals surface area contributed by atoms with E-state index in [1.54, 1.807) is 19.1 Å². The Bertz CT molecular complexity index is 619. The minimum atomic E-state index is -0.688. The predicted octanol–water partition coefficient (Wildman–Crippen LogP) is 2.10. The predicted molar refractivity (Wildman–Crippen MR) is 69.5 cm³/mol. The summed E-state index contributed by atoms with van der Waals surface area (Å²) in [5.74, 6) is -1.76. The lowest BCUT2D eigenvalue weighted by atomic mass is 9.67. The van der Waals surface area contributed by atoms with Crippen molar-refractivity contribution in [2.24, 2.45) is 5.41 Å². The monoisotopic (exact) mass is 271 g/mol. The minimum Gasteiger partial charge on any atom is -0.329 e. The summed E-state index contributed by atoms with van der Waals surface area (Å²) in [6.45, 7) is 5.52. The topological polar surface area (TPSA) is 63.7 Å². The van der Waals surface area contributed by atoms with Crippen LogP contribution in [-0.4, -0.2) is 22.8 Å². The molecule has 2 amide bonds. The van der Waals surface area contributed by atoms with Crippen LogP contribution < -0.4 is 0 Å². The van der Waals surface area contributed by atoms with Crippen LogP contribution in [0.2, 0.25) is 0 Å². The number of allylic oxidation sites excluding steroid dienone is 1. The van der Waals surface area contributed by atoms with E-state index in [2.05, 4.69) is 6.58 Å². The van der Waals surface area contributed by atoms with Crippen molar-refractivity contribution >= 4 is 17.8 Å². The van der Waals surface area contributed by atoms with E-state index in [1.807, 2.05) is 0 Å². The second kappa shape index (κ2) is 4.03. The molecule has 1 fully saturated rings. The van der Waals surface area contributed by atoms with Crippen LogP contribution in [0.25, 0.3) is 0 Å². The van der Waals surface area contributed by atoms with Gasteiger partial charge in [-0.3, -0.25) is 9.59 Å². The molecule has 1 aromatic carbocycles. The number of rotatable bonds is 2. The highest BCUT2D eigenvalue weighted by Crippen LogP contribution is 2.45. The largest absolute Gasteiger partial charge is 0.339 e. The van der Waals surface area contributed by atoms with Crippen LogP contribution >= 0.6 is 0 Å². The van der Waals surface area contributed by atoms with Gasteiger partial charge in [-0.15, -0.1) is 0 Å². The van der Waals surface area contributed by atoms with Gasteiger partial charge in [0.15, 0.2) is 0 Å². The van der Waals surface area contributed by atoms with E-state index in [9.17, 15) is 14.4 Å². The van der Waals surface area contributed by atoms with Gasteiger partial charge in [0.2, 0.25) is 0 Å². The summed E-state index contributed by atoms with van der Waals surface area (Å²) < 4.78 is 0. The van der Waals surface area contributed by atoms with Gasteiger partial charge in [0.05, 0.1) is 16.5 Å². The van der Waals surface area contributed by atoms with Crippen LogP contribution in [0.1, 0.15) is 40.5 Å². The maximum Gasteiger partial charge on any atom is 0.339 e. The number of carbonyl (C=O) groups excluding carboxylic acids is 3. The fourth-order valence-electron chi connectivity index (χ4n) is 2.64. The Morgan fingerprint density at radius 1 is 1.20 bits per heavy atom. The number of nitrogens with zero attached hydrogens (tertiary/aromatic N) is 1. The zero-order valence-electron chi connectivity index (χ0n) is 11.0. The van der Waals surface area contributed by atoms with E-state index in [0.29, 0.717) is 17.9 Å². The van der Waals surface area contributed by atoms with E-state index >= 15 is 0 Å². The lowest BCUT2D eigenvalue weighted by molar-refractivity contribution is -0.182. The molecular weight excluding hydrogens is 258 g/mol. The Labute approximate surface area is 115 Å². The Morgan fingerprint density at radius 2 is 1.70 bits per heavy atom. The molecule has 5 heteroatoms. The maximum absolute atomic E-state index is 12.1. The summed E-state index contributed by atoms with van der Waals surface area (Å²) in [5, 5.41) is 0.555. The molecule has 0 atom stereocenters. The molecule has 0 spiro atoms. The first-order valence-electron chi connectivity index (χ1n) is 6.29. The summed E-state index contributed by atoms with van der Waals surface area (Å²) in [4.78, 5) is 41.2. The molecule has 20 heavy (non-hydrogen) atoms. The number of hydroxylamine groups is 2. The minimum absolute atomic E-state index is 0.258. The van der Waals surface area contributed by atoms with Crippen LogP contribution in [-0.2, 0) is 9.63 Å². The number of imide groups is 1. The van der Waals surface area contributed by atoms with Crippen molar-refractivity contribution in [3.05, 3.63) is 47.5 Å². The zero-order valence-corrected chi connectivity index (χ0v) is 11.0. The van der Waals surface area contributed by atoms with Crippen LogP contribution in [0, 0.1) is 5.41 Å². The van der Waals surface area contributed by atoms with E-state index in [4.69, 9.17) is 4.84 Å². The van der Waals surface area contributed by atoms with Crippen LogP contribution in [0.4, 0.5) is 0 Å². The molecule has 1 heterocycles. The molecule has 102 valence electrons. The number of fused-ring (bicyclic) bond motifs is 1. The second-order valence-corrected chi connectivity index (χ2v) is 5.49. The van der Waals surface area contributed by atoms with Gasteiger partial charge in [0.25, 0.3) is 11.8 Å². The van der Waals surface area contributed by atoms with Crippen molar-refractivity contribution in [2.75, 3.05) is 0 Å². The summed E-state index contributed by atoms with van der Waals surface area (Å²) in [5.41, 5.74) is 0.792. The third kappa shape index (κ3) is 1.66. The normalized spacial score (nSPS) is 19.6. The Hall–Kier alpha value is -2.43. The highest BCUT2D eigenvalue weighted by atomic mass is 16.7. The van der Waals surface area contributed by atoms with Gasteiger partial charge in [-0.1, -0.05) is 29.3 Å². The average molecular weight is 271 g/mol. The van der Waals surface area contributed by atoms with E-state index in [1.165, 1.54) is 12.1 Å². The molecule has 0 bridgehead atoms. The van der Waals surface area contributed by atoms with Crippen molar-refractivity contribution in [3.8, 4) is 0 Å². The molecule has 1 aliphatic carbocycles. The van der Waals surface area contributed by atoms with Crippen molar-refractivity contribution in [3.63, 3.8) is 0 Å². The van der Waals surface area contributed by atoms with E-state index in [0.717, 1.165) is 5.57 Å². The van der Waals surface area contributed by atoms with Crippen LogP contribution in [0.3, 0.4) is 0 Å². The molecule has 5 nitrogen and oxygen atoms in total. The Morgan fingerprint density at radius 3 is 2.15 bits per heavy atom. The lowest BCUT2D eigenvalue weighted by Gasteiger charge is -2.37. The van der Waals surface area contributed by atoms with Crippen molar-refractivity contribution < 1.29 is 19.2 Å². The van der Waals surface area contributed by atoms with Gasteiger partial charge in [-0.05, 0) is 31.9 Å². The second-order valence-electron chi connectivity index (χ2n) is 5.49. The van der Waals surface area contributed by atoms with Gasteiger partial charge in [0.1, 0.15) is 0 Å². The molecule has 1 saturated carbocycles. The van der Waals surface area contributed by atoms with Crippen molar-refractivity contribution in [1.82, 2.24) is 5.06 Å². The molecule has 0 unspecified atom stereocenters. The van der Waals surface area contributed by atoms with Crippen molar-refractivity contribution in [2.45, 2.75) is 19.8 Å². The lowest BCUT2D eigenvalue weighted by Crippen LogP contribution is -2.43. The molecule has 0 radical (unpaired) electrons. The fraction of sp³-hybridized carbons (Fsp3) is 0.267. The third-order valence-electron chi connectivity index (χ3n) is 3.70. The SMILES string of the molecule is C=C1CC(C)(C(=O)ON2C(=O)c3ccccc3C2=O)C1. The standard InChI is InChI=1S/C15H13NO4/c1-9-7-15(2,8-9)14(19)20-16-12(17)10-5-3-4-6-11(10)13(16)18/h3-6H,1,7-8H2,2H3. The van der Waals surface area contributed by atoms with E-state index in [-0.39, 0.29) is 11.1 Å². The van der Waals surface area contributed by atoms with Crippen molar-refractivity contribution in [1.29, 1.82) is 0 Å². The quantitative estimate of drug-likeness (QED) is 0.610. The highest BCUT2D eigenvalue weighted by Gasteiger charge is 2.47. The van der Waals surface area contributed by atoms with Gasteiger partial charge in [-0.2, -0.15) is 0 Å². The molecule has 3 rings (SSSR count). The third-order valence-corrected chi connectivity index (χ3v) is 3.70. The Balaban J connectivity index is 1.80. The highest BCUT2D eigenvalue weighted by molar-refractivity contribution is 6.20. The molecule has 0 saturated heterocycles. The molecule has 1 aromatic rings. The average Bonchev–Trinajstić information content (AvgIpc) is 2.63. The van der Waals surface area contributed by atoms with Gasteiger partial charge >= 0.3 is 5.97 Å². The first-order chi connectivity index (χ1) is 9.42. The number of hydrogen-bond donors (Lipinski definition) is 0. The number of hydrogen-bond acceptors (Lipinski definition) is 4. The maximum atomic E-state index is 12.1. The molecule has 0 N–H and O–H groups in total. The summed E-state index contributed by atoms with van der Waals surface area (Å²) in [7, 11) is 0. The van der Waals surface area contributed by atoms with Crippen LogP contribution in [0.5, 0.6) is 0 Å². The zero-order chi connectivity index (χ0) is 14.5. The number of carbonyl (C=O) groups is 3. The summed E-state index contributed by atoms with van der Waals surface area (Å²) >= 11 is 0. The van der Waals surface area contributed by atoms with Gasteiger partial charge < -0.3 is 4.84 Å².